The van der Waals surface area contributed by atoms with Gasteiger partial charge in [0.2, 0.25) is 11.8 Å². The first-order valence-electron chi connectivity index (χ1n) is 15.7. The standard InChI is InChI=1S/C35H40N2O8/c1-37(27(33(39)36-15-16-38)17-22-7-3-2-4-8-22)34(40)25-19-30-32(43-21-42-30)31(20-25)45-35(41)26-10-6-5-9-24(26)13-11-23-12-14-28-29(18-23)44-28/h2-11,13,19,23,27-32,38H,12,14-18,20-21H2,1H3,(H,36,39). The van der Waals surface area contributed by atoms with Crippen LogP contribution >= 0.6 is 0 Å². The number of epoxide rings is 1. The van der Waals surface area contributed by atoms with Crippen LogP contribution in [0.2, 0.25) is 0 Å². The highest BCUT2D eigenvalue weighted by atomic mass is 16.7. The number of allylic oxidation sites excluding steroid dienone is 1. The average Bonchev–Trinajstić information content (AvgIpc) is 3.69. The lowest BCUT2D eigenvalue weighted by molar-refractivity contribution is -0.137. The second kappa shape index (κ2) is 14.1. The molecule has 2 aliphatic heterocycles. The normalized spacial score (nSPS) is 27.6. The molecule has 4 aliphatic rings. The molecule has 2 N–H and O–H groups in total. The summed E-state index contributed by atoms with van der Waals surface area (Å²) in [7, 11) is 1.58. The SMILES string of the molecule is CN(C(=O)C1=CC2OCOC2C(OC(=O)c2ccccc2C=CC2CCC3OC3C2)C1)C(Cc1ccccc1)C(=O)NCCO. The number of benzene rings is 2. The van der Waals surface area contributed by atoms with Crippen LogP contribution < -0.4 is 5.32 Å². The van der Waals surface area contributed by atoms with E-state index in [9.17, 15) is 19.5 Å². The maximum absolute atomic E-state index is 13.9. The largest absolute Gasteiger partial charge is 0.456 e. The van der Waals surface area contributed by atoms with Crippen LogP contribution in [-0.2, 0) is 35.0 Å². The van der Waals surface area contributed by atoms with Gasteiger partial charge in [0.05, 0.1) is 24.4 Å². The molecule has 3 fully saturated rings. The van der Waals surface area contributed by atoms with E-state index in [4.69, 9.17) is 18.9 Å². The molecule has 7 unspecified atom stereocenters. The van der Waals surface area contributed by atoms with Gasteiger partial charge in [-0.1, -0.05) is 60.7 Å². The molecule has 10 nitrogen and oxygen atoms in total. The molecule has 10 heteroatoms. The van der Waals surface area contributed by atoms with Gasteiger partial charge in [0.25, 0.3) is 0 Å². The molecule has 45 heavy (non-hydrogen) atoms. The number of esters is 1. The summed E-state index contributed by atoms with van der Waals surface area (Å²) in [6, 6.07) is 15.9. The van der Waals surface area contributed by atoms with Gasteiger partial charge in [0.1, 0.15) is 31.1 Å². The summed E-state index contributed by atoms with van der Waals surface area (Å²) in [5, 5.41) is 11.9. The quantitative estimate of drug-likeness (QED) is 0.292. The van der Waals surface area contributed by atoms with Gasteiger partial charge in [0.15, 0.2) is 0 Å². The fraction of sp³-hybridized carbons (Fsp3) is 0.457. The van der Waals surface area contributed by atoms with Crippen LogP contribution in [0.4, 0.5) is 0 Å². The van der Waals surface area contributed by atoms with Crippen LogP contribution in [0.5, 0.6) is 0 Å². The van der Waals surface area contributed by atoms with E-state index in [0.717, 1.165) is 30.4 Å². The van der Waals surface area contributed by atoms with Gasteiger partial charge < -0.3 is 34.3 Å². The molecule has 2 saturated heterocycles. The van der Waals surface area contributed by atoms with Crippen molar-refractivity contribution >= 4 is 23.9 Å². The van der Waals surface area contributed by atoms with Gasteiger partial charge in [-0.25, -0.2) is 4.79 Å². The van der Waals surface area contributed by atoms with Gasteiger partial charge in [-0.05, 0) is 48.4 Å². The molecule has 6 rings (SSSR count). The van der Waals surface area contributed by atoms with E-state index in [2.05, 4.69) is 11.4 Å². The molecule has 2 heterocycles. The number of likely N-dealkylation sites (N-methyl/N-ethyl adjacent to an activating group) is 1. The minimum Gasteiger partial charge on any atom is -0.456 e. The third-order valence-corrected chi connectivity index (χ3v) is 9.08. The topological polar surface area (TPSA) is 127 Å². The van der Waals surface area contributed by atoms with Gasteiger partial charge in [-0.2, -0.15) is 0 Å². The fourth-order valence-corrected chi connectivity index (χ4v) is 6.50. The van der Waals surface area contributed by atoms with E-state index in [-0.39, 0.29) is 44.6 Å². The monoisotopic (exact) mass is 616 g/mol. The second-order valence-electron chi connectivity index (χ2n) is 12.1. The molecule has 0 bridgehead atoms. The Kier molecular flexibility index (Phi) is 9.75. The summed E-state index contributed by atoms with van der Waals surface area (Å²) in [4.78, 5) is 42.0. The Labute approximate surface area is 263 Å². The van der Waals surface area contributed by atoms with E-state index in [1.165, 1.54) is 4.90 Å². The van der Waals surface area contributed by atoms with Crippen LogP contribution in [0.1, 0.15) is 47.2 Å². The zero-order valence-electron chi connectivity index (χ0n) is 25.4. The molecule has 2 aromatic rings. The molecule has 2 aliphatic carbocycles. The minimum absolute atomic E-state index is 0.0175. The minimum atomic E-state index is -0.827. The second-order valence-corrected chi connectivity index (χ2v) is 12.1. The Morgan fingerprint density at radius 1 is 1.07 bits per heavy atom. The smallest absolute Gasteiger partial charge is 0.339 e. The summed E-state index contributed by atoms with van der Waals surface area (Å²) in [6.45, 7) is -0.117. The van der Waals surface area contributed by atoms with Gasteiger partial charge in [-0.15, -0.1) is 0 Å². The van der Waals surface area contributed by atoms with Crippen molar-refractivity contribution in [1.82, 2.24) is 10.2 Å². The van der Waals surface area contributed by atoms with E-state index in [1.807, 2.05) is 48.5 Å². The van der Waals surface area contributed by atoms with Gasteiger partial charge in [-0.3, -0.25) is 9.59 Å². The lowest BCUT2D eigenvalue weighted by Crippen LogP contribution is -2.51. The Hall–Kier alpha value is -3.83. The predicted molar refractivity (Wildman–Crippen MR) is 165 cm³/mol. The fourth-order valence-electron chi connectivity index (χ4n) is 6.50. The maximum Gasteiger partial charge on any atom is 0.339 e. The number of ether oxygens (including phenoxy) is 4. The van der Waals surface area contributed by atoms with E-state index >= 15 is 0 Å². The number of amides is 2. The van der Waals surface area contributed by atoms with Crippen LogP contribution in [0.25, 0.3) is 6.08 Å². The summed E-state index contributed by atoms with van der Waals surface area (Å²) >= 11 is 0. The van der Waals surface area contributed by atoms with Crippen LogP contribution in [0.15, 0.2) is 72.3 Å². The van der Waals surface area contributed by atoms with Crippen molar-refractivity contribution in [2.45, 2.75) is 68.7 Å². The summed E-state index contributed by atoms with van der Waals surface area (Å²) < 4.78 is 23.2. The Bertz CT molecular complexity index is 1440. The van der Waals surface area contributed by atoms with Crippen LogP contribution in [0, 0.1) is 5.92 Å². The number of rotatable bonds is 11. The van der Waals surface area contributed by atoms with E-state index in [1.54, 1.807) is 25.3 Å². The molecule has 7 atom stereocenters. The van der Waals surface area contributed by atoms with Crippen molar-refractivity contribution in [3.8, 4) is 0 Å². The molecule has 0 spiro atoms. The number of aliphatic hydroxyl groups is 1. The Balaban J connectivity index is 1.16. The lowest BCUT2D eigenvalue weighted by Gasteiger charge is -2.33. The Morgan fingerprint density at radius 3 is 2.67 bits per heavy atom. The van der Waals surface area contributed by atoms with Crippen molar-refractivity contribution in [3.05, 3.63) is 89.0 Å². The number of nitrogens with zero attached hydrogens (tertiary/aromatic N) is 1. The van der Waals surface area contributed by atoms with Crippen molar-refractivity contribution in [1.29, 1.82) is 0 Å². The summed E-state index contributed by atoms with van der Waals surface area (Å²) in [5.41, 5.74) is 2.46. The molecule has 2 amide bonds. The number of carbonyl (C=O) groups is 3. The number of hydrogen-bond donors (Lipinski definition) is 2. The number of nitrogens with one attached hydrogen (secondary N) is 1. The zero-order chi connectivity index (χ0) is 31.3. The van der Waals surface area contributed by atoms with Crippen LogP contribution in [0.3, 0.4) is 0 Å². The van der Waals surface area contributed by atoms with E-state index in [0.29, 0.717) is 29.3 Å². The van der Waals surface area contributed by atoms with Crippen molar-refractivity contribution in [2.75, 3.05) is 27.0 Å². The zero-order valence-corrected chi connectivity index (χ0v) is 25.4. The lowest BCUT2D eigenvalue weighted by atomic mass is 9.88. The third-order valence-electron chi connectivity index (χ3n) is 9.08. The highest BCUT2D eigenvalue weighted by molar-refractivity contribution is 5.97. The molecular weight excluding hydrogens is 576 g/mol. The average molecular weight is 617 g/mol. The van der Waals surface area contributed by atoms with Crippen molar-refractivity contribution in [2.24, 2.45) is 5.92 Å². The first-order valence-corrected chi connectivity index (χ1v) is 15.7. The number of carbonyl (C=O) groups excluding carboxylic acids is 3. The van der Waals surface area contributed by atoms with E-state index < -0.39 is 30.3 Å². The highest BCUT2D eigenvalue weighted by Crippen LogP contribution is 2.40. The summed E-state index contributed by atoms with van der Waals surface area (Å²) in [6.07, 6.45) is 8.30. The molecule has 0 aromatic heterocycles. The first kappa shape index (κ1) is 31.2. The summed E-state index contributed by atoms with van der Waals surface area (Å²) in [5.74, 6) is -0.837. The number of hydrogen-bond acceptors (Lipinski definition) is 8. The Morgan fingerprint density at radius 2 is 1.87 bits per heavy atom. The van der Waals surface area contributed by atoms with Crippen LogP contribution in [-0.4, -0.2) is 91.3 Å². The third kappa shape index (κ3) is 7.36. The number of fused-ring (bicyclic) bond motifs is 2. The molecule has 2 aromatic carbocycles. The predicted octanol–water partition coefficient (Wildman–Crippen LogP) is 3.04. The highest BCUT2D eigenvalue weighted by Gasteiger charge is 2.44. The first-order chi connectivity index (χ1) is 21.9. The molecule has 238 valence electrons. The molecule has 0 radical (unpaired) electrons. The maximum atomic E-state index is 13.9. The number of aliphatic hydroxyl groups excluding tert-OH is 1. The van der Waals surface area contributed by atoms with Crippen molar-refractivity contribution < 1.29 is 38.4 Å². The van der Waals surface area contributed by atoms with Gasteiger partial charge in [0, 0.05) is 32.0 Å². The molecular formula is C35H40N2O8. The van der Waals surface area contributed by atoms with Gasteiger partial charge >= 0.3 is 5.97 Å². The van der Waals surface area contributed by atoms with Crippen molar-refractivity contribution in [3.63, 3.8) is 0 Å². The molecule has 1 saturated carbocycles.